The summed E-state index contributed by atoms with van der Waals surface area (Å²) in [5.74, 6) is 0. The molecule has 0 spiro atoms. The Morgan fingerprint density at radius 3 is 1.14 bits per heavy atom. The lowest BCUT2D eigenvalue weighted by molar-refractivity contribution is -0.222. The van der Waals surface area contributed by atoms with Crippen molar-refractivity contribution in [3.05, 3.63) is 96.1 Å². The second-order valence-corrected chi connectivity index (χ2v) is 20.0. The fraction of sp³-hybridized carbons (Fsp3) is 0.709. The van der Waals surface area contributed by atoms with E-state index in [1.54, 1.807) is 0 Å². The molecular weight excluding hydrogens is 737 g/mol. The number of hydrogen-bond donors (Lipinski definition) is 0. The van der Waals surface area contributed by atoms with Crippen molar-refractivity contribution in [3.63, 3.8) is 0 Å². The van der Waals surface area contributed by atoms with E-state index in [1.165, 1.54) is 173 Å². The maximum Gasteiger partial charge on any atom is 0.145 e. The molecule has 0 aliphatic carbocycles. The van der Waals surface area contributed by atoms with Crippen molar-refractivity contribution >= 4 is 10.2 Å². The molecule has 0 amide bonds. The minimum atomic E-state index is -0.764. The number of rotatable bonds is 39. The SMILES string of the molecule is CCCCCCCCC=CCCCCCCCCOC([SiH3])(c1ccccc1)C(COC(C)(C)C)(OCCCCCCCCC=CCCCCCCCC)c1ccccc1. The molecule has 0 aliphatic rings. The van der Waals surface area contributed by atoms with Gasteiger partial charge in [0.15, 0.2) is 0 Å². The van der Waals surface area contributed by atoms with Gasteiger partial charge in [0.25, 0.3) is 0 Å². The van der Waals surface area contributed by atoms with Crippen LogP contribution in [0.15, 0.2) is 85.0 Å². The first-order chi connectivity index (χ1) is 28.8. The summed E-state index contributed by atoms with van der Waals surface area (Å²) in [4.78, 5) is 0. The van der Waals surface area contributed by atoms with Gasteiger partial charge in [0.1, 0.15) is 10.8 Å². The van der Waals surface area contributed by atoms with E-state index in [4.69, 9.17) is 14.2 Å². The quantitative estimate of drug-likeness (QED) is 0.0382. The molecule has 2 rings (SSSR count). The van der Waals surface area contributed by atoms with E-state index in [1.807, 2.05) is 0 Å². The minimum absolute atomic E-state index is 0.310. The fourth-order valence-electron chi connectivity index (χ4n) is 8.20. The third-order valence-corrected chi connectivity index (χ3v) is 13.8. The normalized spacial score (nSPS) is 14.4. The van der Waals surface area contributed by atoms with Crippen LogP contribution in [-0.2, 0) is 25.0 Å². The van der Waals surface area contributed by atoms with Crippen molar-refractivity contribution in [1.29, 1.82) is 0 Å². The molecule has 0 aliphatic heterocycles. The molecule has 2 unspecified atom stereocenters. The van der Waals surface area contributed by atoms with Gasteiger partial charge >= 0.3 is 0 Å². The Labute approximate surface area is 369 Å². The zero-order chi connectivity index (χ0) is 42.6. The van der Waals surface area contributed by atoms with Crippen molar-refractivity contribution in [2.75, 3.05) is 19.8 Å². The Kier molecular flexibility index (Phi) is 31.2. The summed E-state index contributed by atoms with van der Waals surface area (Å²) in [7, 11) is 0.752. The van der Waals surface area contributed by atoms with Crippen molar-refractivity contribution in [1.82, 2.24) is 0 Å². The molecule has 336 valence electrons. The van der Waals surface area contributed by atoms with Gasteiger partial charge < -0.3 is 14.2 Å². The van der Waals surface area contributed by atoms with Crippen molar-refractivity contribution < 1.29 is 14.2 Å². The maximum atomic E-state index is 7.30. The molecule has 2 atom stereocenters. The van der Waals surface area contributed by atoms with Crippen LogP contribution in [0.3, 0.4) is 0 Å². The van der Waals surface area contributed by atoms with E-state index >= 15 is 0 Å². The van der Waals surface area contributed by atoms with Crippen LogP contribution in [0.25, 0.3) is 0 Å². The highest BCUT2D eigenvalue weighted by atomic mass is 28.1. The molecule has 0 heterocycles. The Balaban J connectivity index is 1.93. The summed E-state index contributed by atoms with van der Waals surface area (Å²) in [6.45, 7) is 12.9. The van der Waals surface area contributed by atoms with Crippen molar-refractivity contribution in [2.45, 2.75) is 231 Å². The Morgan fingerprint density at radius 2 is 0.746 bits per heavy atom. The fourth-order valence-corrected chi connectivity index (χ4v) is 9.31. The predicted octanol–water partition coefficient (Wildman–Crippen LogP) is 16.0. The second-order valence-electron chi connectivity index (χ2n) is 18.6. The maximum absolute atomic E-state index is 7.30. The highest BCUT2D eigenvalue weighted by Crippen LogP contribution is 2.46. The lowest BCUT2D eigenvalue weighted by Crippen LogP contribution is -2.57. The van der Waals surface area contributed by atoms with Gasteiger partial charge in [0, 0.05) is 13.2 Å². The average molecular weight is 831 g/mol. The first-order valence-corrected chi connectivity index (χ1v) is 26.1. The Morgan fingerprint density at radius 1 is 0.407 bits per heavy atom. The van der Waals surface area contributed by atoms with Crippen LogP contribution in [0.2, 0.25) is 0 Å². The first kappa shape index (κ1) is 53.2. The Hall–Kier alpha value is -1.98. The zero-order valence-corrected chi connectivity index (χ0v) is 41.7. The highest BCUT2D eigenvalue weighted by Gasteiger charge is 2.53. The van der Waals surface area contributed by atoms with E-state index in [-0.39, 0.29) is 5.60 Å². The van der Waals surface area contributed by atoms with E-state index in [0.717, 1.165) is 35.3 Å². The van der Waals surface area contributed by atoms with Gasteiger partial charge in [-0.2, -0.15) is 0 Å². The molecule has 0 N–H and O–H groups in total. The van der Waals surface area contributed by atoms with Crippen LogP contribution in [0.5, 0.6) is 0 Å². The molecule has 0 fully saturated rings. The van der Waals surface area contributed by atoms with Gasteiger partial charge in [0.05, 0.1) is 22.5 Å². The van der Waals surface area contributed by atoms with Gasteiger partial charge in [0.2, 0.25) is 0 Å². The third kappa shape index (κ3) is 24.3. The molecule has 3 nitrogen and oxygen atoms in total. The van der Waals surface area contributed by atoms with Gasteiger partial charge in [-0.25, -0.2) is 0 Å². The summed E-state index contributed by atoms with van der Waals surface area (Å²) < 4.78 is 21.3. The minimum Gasteiger partial charge on any atom is -0.372 e. The summed E-state index contributed by atoms with van der Waals surface area (Å²) >= 11 is 0. The topological polar surface area (TPSA) is 27.7 Å². The van der Waals surface area contributed by atoms with E-state index in [2.05, 4.69) is 120 Å². The van der Waals surface area contributed by atoms with E-state index in [9.17, 15) is 0 Å². The molecule has 4 heteroatoms. The van der Waals surface area contributed by atoms with Gasteiger partial charge in [-0.1, -0.05) is 214 Å². The summed E-state index contributed by atoms with van der Waals surface area (Å²) in [6, 6.07) is 21.8. The molecular formula is C55H94O3Si. The van der Waals surface area contributed by atoms with Crippen LogP contribution in [0.1, 0.15) is 226 Å². The molecule has 0 aromatic heterocycles. The van der Waals surface area contributed by atoms with Gasteiger partial charge in [-0.05, 0) is 96.1 Å². The van der Waals surface area contributed by atoms with Crippen LogP contribution < -0.4 is 0 Å². The molecule has 59 heavy (non-hydrogen) atoms. The van der Waals surface area contributed by atoms with E-state index in [0.29, 0.717) is 13.2 Å². The highest BCUT2D eigenvalue weighted by molar-refractivity contribution is 6.16. The Bertz CT molecular complexity index is 1270. The lowest BCUT2D eigenvalue weighted by atomic mass is 9.83. The molecule has 0 bridgehead atoms. The van der Waals surface area contributed by atoms with Crippen LogP contribution in [0, 0.1) is 0 Å². The smallest absolute Gasteiger partial charge is 0.145 e. The molecule has 0 radical (unpaired) electrons. The molecule has 2 aromatic rings. The average Bonchev–Trinajstić information content (AvgIpc) is 3.24. The summed E-state index contributed by atoms with van der Waals surface area (Å²) in [5, 5.41) is -0.620. The third-order valence-electron chi connectivity index (χ3n) is 12.1. The van der Waals surface area contributed by atoms with Crippen molar-refractivity contribution in [2.24, 2.45) is 0 Å². The largest absolute Gasteiger partial charge is 0.372 e. The van der Waals surface area contributed by atoms with Gasteiger partial charge in [-0.3, -0.25) is 0 Å². The number of benzene rings is 2. The monoisotopic (exact) mass is 831 g/mol. The van der Waals surface area contributed by atoms with E-state index < -0.39 is 10.8 Å². The van der Waals surface area contributed by atoms with Crippen LogP contribution in [-0.4, -0.2) is 35.7 Å². The number of hydrogen-bond acceptors (Lipinski definition) is 3. The first-order valence-electron chi connectivity index (χ1n) is 25.1. The number of allylic oxidation sites excluding steroid dienone is 4. The molecule has 2 aromatic carbocycles. The molecule has 0 saturated heterocycles. The van der Waals surface area contributed by atoms with Gasteiger partial charge in [-0.15, -0.1) is 0 Å². The van der Waals surface area contributed by atoms with Crippen LogP contribution in [0.4, 0.5) is 0 Å². The van der Waals surface area contributed by atoms with Crippen molar-refractivity contribution in [3.8, 4) is 0 Å². The van der Waals surface area contributed by atoms with Crippen LogP contribution >= 0.6 is 0 Å². The summed E-state index contributed by atoms with van der Waals surface area (Å²) in [5.41, 5.74) is 1.27. The second kappa shape index (κ2) is 34.6. The standard InChI is InChI=1S/C55H94O3Si/c1-6-8-10-12-14-16-18-20-22-24-26-28-30-32-34-42-48-56-54(50-58-53(3,4)5,51-44-38-36-39-45-51)55(59,52-46-40-37-41-47-52)57-49-43-35-33-31-29-27-25-23-21-19-17-15-13-11-9-7-2/h20-23,36-41,44-47H,6-19,24-35,42-43,48-50H2,1-5,59H3. The number of unbranched alkanes of at least 4 members (excludes halogenated alkanes) is 24. The zero-order valence-electron chi connectivity index (χ0n) is 39.7. The predicted molar refractivity (Wildman–Crippen MR) is 263 cm³/mol. The lowest BCUT2D eigenvalue weighted by Gasteiger charge is -2.49. The number of ether oxygens (including phenoxy) is 3. The summed E-state index contributed by atoms with van der Waals surface area (Å²) in [6.07, 6.45) is 46.2. The molecule has 0 saturated carbocycles.